The van der Waals surface area contributed by atoms with Crippen molar-refractivity contribution in [3.05, 3.63) is 39.9 Å². The number of quaternary nitrogens is 1. The van der Waals surface area contributed by atoms with Crippen LogP contribution >= 0.6 is 0 Å². The van der Waals surface area contributed by atoms with Gasteiger partial charge in [-0.25, -0.2) is 5.43 Å². The van der Waals surface area contributed by atoms with Crippen LogP contribution in [-0.4, -0.2) is 36.2 Å². The summed E-state index contributed by atoms with van der Waals surface area (Å²) in [5.74, 6) is -0.342. The highest BCUT2D eigenvalue weighted by molar-refractivity contribution is 5.95. The summed E-state index contributed by atoms with van der Waals surface area (Å²) in [6.07, 6.45) is 2.98. The molecule has 1 amide bonds. The van der Waals surface area contributed by atoms with E-state index >= 15 is 0 Å². The van der Waals surface area contributed by atoms with Crippen LogP contribution in [0.25, 0.3) is 0 Å². The van der Waals surface area contributed by atoms with Crippen LogP contribution in [0.15, 0.2) is 29.4 Å². The van der Waals surface area contributed by atoms with Gasteiger partial charge in [0, 0.05) is 36.2 Å². The molecule has 7 nitrogen and oxygen atoms in total. The Balaban J connectivity index is 1.87. The molecule has 1 fully saturated rings. The molecule has 1 aliphatic heterocycles. The Morgan fingerprint density at radius 3 is 2.50 bits per heavy atom. The normalized spacial score (nSPS) is 17.9. The lowest BCUT2D eigenvalue weighted by molar-refractivity contribution is -0.901. The van der Waals surface area contributed by atoms with E-state index in [9.17, 15) is 14.9 Å². The van der Waals surface area contributed by atoms with Crippen LogP contribution in [0.5, 0.6) is 0 Å². The Labute approximate surface area is 129 Å². The predicted octanol–water partition coefficient (Wildman–Crippen LogP) is 0.769. The van der Waals surface area contributed by atoms with Crippen molar-refractivity contribution in [3.8, 4) is 0 Å². The summed E-state index contributed by atoms with van der Waals surface area (Å²) in [7, 11) is 0. The number of likely N-dealkylation sites (tertiary alicyclic amines) is 1. The molecule has 0 saturated carbocycles. The first-order valence-electron chi connectivity index (χ1n) is 7.54. The molecule has 1 saturated heterocycles. The molecule has 7 heteroatoms. The molecule has 1 heterocycles. The highest BCUT2D eigenvalue weighted by Crippen LogP contribution is 2.11. The van der Waals surface area contributed by atoms with Gasteiger partial charge in [-0.15, -0.1) is 0 Å². The van der Waals surface area contributed by atoms with Gasteiger partial charge in [0.1, 0.15) is 0 Å². The first kappa shape index (κ1) is 16.1. The van der Waals surface area contributed by atoms with E-state index in [1.54, 1.807) is 4.90 Å². The van der Waals surface area contributed by atoms with Crippen molar-refractivity contribution >= 4 is 17.3 Å². The Morgan fingerprint density at radius 2 is 1.95 bits per heavy atom. The average molecular weight is 305 g/mol. The molecule has 0 aliphatic carbocycles. The molecule has 0 aromatic heterocycles. The Morgan fingerprint density at radius 1 is 1.32 bits per heavy atom. The molecule has 1 aromatic rings. The van der Waals surface area contributed by atoms with Gasteiger partial charge in [-0.2, -0.15) is 5.10 Å². The molecule has 0 radical (unpaired) electrons. The zero-order valence-corrected chi connectivity index (χ0v) is 12.7. The highest BCUT2D eigenvalue weighted by atomic mass is 16.6. The van der Waals surface area contributed by atoms with Gasteiger partial charge in [0.05, 0.1) is 24.6 Å². The fourth-order valence-electron chi connectivity index (χ4n) is 2.54. The lowest BCUT2D eigenvalue weighted by atomic mass is 10.1. The number of amides is 1. The van der Waals surface area contributed by atoms with Gasteiger partial charge >= 0.3 is 0 Å². The van der Waals surface area contributed by atoms with E-state index in [1.807, 2.05) is 0 Å². The topological polar surface area (TPSA) is 89.0 Å². The number of carbonyl (C=O) groups is 1. The van der Waals surface area contributed by atoms with Crippen molar-refractivity contribution in [3.63, 3.8) is 0 Å². The van der Waals surface area contributed by atoms with E-state index in [-0.39, 0.29) is 11.6 Å². The number of nitrogens with one attached hydrogen (secondary N) is 2. The molecule has 1 aromatic carbocycles. The first-order chi connectivity index (χ1) is 10.6. The summed E-state index contributed by atoms with van der Waals surface area (Å²) in [6, 6.07) is 5.49. The molecular weight excluding hydrogens is 284 g/mol. The SMILES string of the molecule is CCC[NH+]1CCC(=NNC(=O)c2ccc([N+](=O)[O-])cc2)CC1. The minimum Gasteiger partial charge on any atom is -0.334 e. The van der Waals surface area contributed by atoms with Crippen molar-refractivity contribution in [2.24, 2.45) is 5.10 Å². The number of carbonyl (C=O) groups excluding carboxylic acids is 1. The Kier molecular flexibility index (Phi) is 5.60. The molecule has 22 heavy (non-hydrogen) atoms. The maximum atomic E-state index is 11.9. The zero-order valence-electron chi connectivity index (χ0n) is 12.7. The number of hydrogen-bond acceptors (Lipinski definition) is 4. The van der Waals surface area contributed by atoms with Crippen molar-refractivity contribution in [1.29, 1.82) is 0 Å². The van der Waals surface area contributed by atoms with E-state index in [1.165, 1.54) is 37.2 Å². The number of nitro benzene ring substituents is 1. The number of nitrogens with zero attached hydrogens (tertiary/aromatic N) is 2. The lowest BCUT2D eigenvalue weighted by Gasteiger charge is -2.24. The van der Waals surface area contributed by atoms with E-state index in [0.717, 1.165) is 31.6 Å². The Bertz CT molecular complexity index is 559. The third-order valence-electron chi connectivity index (χ3n) is 3.79. The van der Waals surface area contributed by atoms with Crippen LogP contribution in [0.3, 0.4) is 0 Å². The molecule has 0 unspecified atom stereocenters. The van der Waals surface area contributed by atoms with Crippen LogP contribution in [-0.2, 0) is 0 Å². The van der Waals surface area contributed by atoms with Gasteiger partial charge in [-0.3, -0.25) is 14.9 Å². The summed E-state index contributed by atoms with van der Waals surface area (Å²) >= 11 is 0. The van der Waals surface area contributed by atoms with Crippen LogP contribution in [0.2, 0.25) is 0 Å². The van der Waals surface area contributed by atoms with Gasteiger partial charge in [0.15, 0.2) is 0 Å². The highest BCUT2D eigenvalue weighted by Gasteiger charge is 2.17. The maximum absolute atomic E-state index is 11.9. The molecule has 0 atom stereocenters. The molecule has 0 bridgehead atoms. The fraction of sp³-hybridized carbons (Fsp3) is 0.467. The molecule has 0 spiro atoms. The van der Waals surface area contributed by atoms with E-state index in [4.69, 9.17) is 0 Å². The quantitative estimate of drug-likeness (QED) is 0.622. The summed E-state index contributed by atoms with van der Waals surface area (Å²) in [6.45, 7) is 5.48. The number of rotatable bonds is 5. The third-order valence-corrected chi connectivity index (χ3v) is 3.79. The first-order valence-corrected chi connectivity index (χ1v) is 7.54. The smallest absolute Gasteiger partial charge is 0.271 e. The summed E-state index contributed by atoms with van der Waals surface area (Å²) in [5.41, 5.74) is 3.88. The van der Waals surface area contributed by atoms with E-state index in [0.29, 0.717) is 5.56 Å². The molecule has 2 rings (SSSR count). The number of benzene rings is 1. The van der Waals surface area contributed by atoms with Crippen molar-refractivity contribution < 1.29 is 14.6 Å². The van der Waals surface area contributed by atoms with Crippen LogP contribution in [0.4, 0.5) is 5.69 Å². The minimum absolute atomic E-state index is 0.0332. The van der Waals surface area contributed by atoms with E-state index < -0.39 is 4.92 Å². The van der Waals surface area contributed by atoms with Gasteiger partial charge < -0.3 is 4.90 Å². The van der Waals surface area contributed by atoms with Crippen LogP contribution in [0, 0.1) is 10.1 Å². The van der Waals surface area contributed by atoms with Gasteiger partial charge in [-0.1, -0.05) is 6.92 Å². The third kappa shape index (κ3) is 4.36. The van der Waals surface area contributed by atoms with Crippen molar-refractivity contribution in [2.45, 2.75) is 26.2 Å². The Hall–Kier alpha value is -2.28. The zero-order chi connectivity index (χ0) is 15.9. The standard InChI is InChI=1S/C15H20N4O3/c1-2-9-18-10-7-13(8-11-18)16-17-15(20)12-3-5-14(6-4-12)19(21)22/h3-6H,2,7-11H2,1H3,(H,17,20)/p+1. The largest absolute Gasteiger partial charge is 0.334 e. The monoisotopic (exact) mass is 305 g/mol. The fourth-order valence-corrected chi connectivity index (χ4v) is 2.54. The van der Waals surface area contributed by atoms with Gasteiger partial charge in [0.25, 0.3) is 11.6 Å². The van der Waals surface area contributed by atoms with E-state index in [2.05, 4.69) is 17.5 Å². The summed E-state index contributed by atoms with van der Waals surface area (Å²) < 4.78 is 0. The molecular formula is C15H21N4O3+. The van der Waals surface area contributed by atoms with Crippen molar-refractivity contribution in [2.75, 3.05) is 19.6 Å². The minimum atomic E-state index is -0.492. The maximum Gasteiger partial charge on any atom is 0.271 e. The van der Waals surface area contributed by atoms with Gasteiger partial charge in [-0.05, 0) is 18.6 Å². The molecule has 2 N–H and O–H groups in total. The summed E-state index contributed by atoms with van der Waals surface area (Å²) in [4.78, 5) is 23.6. The van der Waals surface area contributed by atoms with Crippen LogP contribution < -0.4 is 10.3 Å². The molecule has 1 aliphatic rings. The van der Waals surface area contributed by atoms with Crippen molar-refractivity contribution in [1.82, 2.24) is 5.43 Å². The number of nitro groups is 1. The summed E-state index contributed by atoms with van der Waals surface area (Å²) in [5, 5.41) is 14.8. The second-order valence-corrected chi connectivity index (χ2v) is 5.42. The number of piperidine rings is 1. The second kappa shape index (κ2) is 7.65. The number of hydrazone groups is 1. The number of non-ortho nitro benzene ring substituents is 1. The lowest BCUT2D eigenvalue weighted by Crippen LogP contribution is -3.13. The van der Waals surface area contributed by atoms with Gasteiger partial charge in [0.2, 0.25) is 0 Å². The second-order valence-electron chi connectivity index (χ2n) is 5.42. The molecule has 118 valence electrons. The van der Waals surface area contributed by atoms with Crippen LogP contribution in [0.1, 0.15) is 36.5 Å². The predicted molar refractivity (Wildman–Crippen MR) is 83.1 cm³/mol. The average Bonchev–Trinajstić information content (AvgIpc) is 2.54. The number of hydrogen-bond donors (Lipinski definition) is 2.